The Morgan fingerprint density at radius 1 is 1.36 bits per heavy atom. The SMILES string of the molecule is C=CN=C(N)C(=C(C)C)/C(C#CCNC(=C)CCCC)=C\C. The van der Waals surface area contributed by atoms with Crippen LogP contribution in [0.1, 0.15) is 47.0 Å². The highest BCUT2D eigenvalue weighted by atomic mass is 14.9. The van der Waals surface area contributed by atoms with Gasteiger partial charge in [0.05, 0.1) is 6.54 Å². The Balaban J connectivity index is 4.91. The van der Waals surface area contributed by atoms with Crippen LogP contribution in [0.25, 0.3) is 0 Å². The number of hydrogen-bond acceptors (Lipinski definition) is 2. The summed E-state index contributed by atoms with van der Waals surface area (Å²) in [4.78, 5) is 4.07. The van der Waals surface area contributed by atoms with E-state index in [9.17, 15) is 0 Å². The lowest BCUT2D eigenvalue weighted by Gasteiger charge is -2.09. The largest absolute Gasteiger partial charge is 0.383 e. The zero-order valence-electron chi connectivity index (χ0n) is 14.4. The zero-order chi connectivity index (χ0) is 17.0. The molecule has 0 aliphatic rings. The van der Waals surface area contributed by atoms with E-state index in [1.807, 2.05) is 26.8 Å². The number of amidine groups is 1. The third-order valence-corrected chi connectivity index (χ3v) is 3.03. The summed E-state index contributed by atoms with van der Waals surface area (Å²) < 4.78 is 0. The summed E-state index contributed by atoms with van der Waals surface area (Å²) in [5.74, 6) is 6.71. The van der Waals surface area contributed by atoms with Gasteiger partial charge in [-0.05, 0) is 33.6 Å². The van der Waals surface area contributed by atoms with Gasteiger partial charge in [-0.3, -0.25) is 0 Å². The summed E-state index contributed by atoms with van der Waals surface area (Å²) in [6.45, 7) is 16.3. The third-order valence-electron chi connectivity index (χ3n) is 3.03. The zero-order valence-corrected chi connectivity index (χ0v) is 14.4. The molecule has 0 heterocycles. The van der Waals surface area contributed by atoms with Crippen molar-refractivity contribution in [3.8, 4) is 11.8 Å². The van der Waals surface area contributed by atoms with Crippen molar-refractivity contribution in [3.05, 3.63) is 47.9 Å². The minimum absolute atomic E-state index is 0.442. The van der Waals surface area contributed by atoms with Crippen LogP contribution in [0, 0.1) is 11.8 Å². The monoisotopic (exact) mass is 299 g/mol. The molecule has 3 heteroatoms. The van der Waals surface area contributed by atoms with Gasteiger partial charge in [-0.1, -0.05) is 50.0 Å². The van der Waals surface area contributed by atoms with Crippen molar-refractivity contribution in [1.82, 2.24) is 5.32 Å². The Labute approximate surface area is 135 Å². The highest BCUT2D eigenvalue weighted by Gasteiger charge is 2.08. The van der Waals surface area contributed by atoms with E-state index in [1.165, 1.54) is 12.6 Å². The van der Waals surface area contributed by atoms with Gasteiger partial charge in [0.2, 0.25) is 0 Å². The summed E-state index contributed by atoms with van der Waals surface area (Å²) >= 11 is 0. The molecule has 0 aromatic heterocycles. The van der Waals surface area contributed by atoms with Crippen molar-refractivity contribution in [2.45, 2.75) is 47.0 Å². The summed E-state index contributed by atoms with van der Waals surface area (Å²) in [5.41, 5.74) is 9.86. The van der Waals surface area contributed by atoms with Crippen molar-refractivity contribution in [3.63, 3.8) is 0 Å². The fourth-order valence-corrected chi connectivity index (χ4v) is 1.89. The van der Waals surface area contributed by atoms with E-state index >= 15 is 0 Å². The smallest absolute Gasteiger partial charge is 0.131 e. The first-order chi connectivity index (χ1) is 10.5. The van der Waals surface area contributed by atoms with E-state index in [4.69, 9.17) is 5.73 Å². The van der Waals surface area contributed by atoms with Gasteiger partial charge >= 0.3 is 0 Å². The molecule has 0 rings (SSSR count). The van der Waals surface area contributed by atoms with Gasteiger partial charge in [0.1, 0.15) is 5.84 Å². The molecule has 0 saturated heterocycles. The van der Waals surface area contributed by atoms with E-state index in [1.54, 1.807) is 0 Å². The van der Waals surface area contributed by atoms with Gasteiger partial charge in [-0.2, -0.15) is 0 Å². The van der Waals surface area contributed by atoms with Crippen LogP contribution in [0.5, 0.6) is 0 Å². The number of nitrogens with one attached hydrogen (secondary N) is 1. The van der Waals surface area contributed by atoms with E-state index in [0.29, 0.717) is 12.4 Å². The molecule has 0 fully saturated rings. The number of nitrogens with two attached hydrogens (primary N) is 1. The molecule has 0 unspecified atom stereocenters. The highest BCUT2D eigenvalue weighted by molar-refractivity contribution is 6.03. The molecule has 0 bridgehead atoms. The molecular formula is C19H29N3. The van der Waals surface area contributed by atoms with Gasteiger partial charge in [-0.15, -0.1) is 0 Å². The van der Waals surface area contributed by atoms with E-state index < -0.39 is 0 Å². The Kier molecular flexibility index (Phi) is 10.3. The van der Waals surface area contributed by atoms with Gasteiger partial charge in [0.25, 0.3) is 0 Å². The summed E-state index contributed by atoms with van der Waals surface area (Å²) in [5, 5.41) is 3.23. The van der Waals surface area contributed by atoms with Crippen molar-refractivity contribution < 1.29 is 0 Å². The number of nitrogens with zero attached hydrogens (tertiary/aromatic N) is 1. The Hall–Kier alpha value is -2.21. The number of aliphatic imine (C=N–C) groups is 1. The van der Waals surface area contributed by atoms with Crippen LogP contribution in [0.15, 0.2) is 52.8 Å². The predicted molar refractivity (Wildman–Crippen MR) is 98.4 cm³/mol. The summed E-state index contributed by atoms with van der Waals surface area (Å²) in [6, 6.07) is 0. The second-order valence-corrected chi connectivity index (χ2v) is 5.14. The molecule has 0 aliphatic heterocycles. The third kappa shape index (κ3) is 7.54. The van der Waals surface area contributed by atoms with Crippen LogP contribution >= 0.6 is 0 Å². The second kappa shape index (κ2) is 11.4. The highest BCUT2D eigenvalue weighted by Crippen LogP contribution is 2.14. The molecule has 0 aromatic rings. The Morgan fingerprint density at radius 3 is 2.55 bits per heavy atom. The van der Waals surface area contributed by atoms with Gasteiger partial charge in [0, 0.05) is 23.0 Å². The average Bonchev–Trinajstić information content (AvgIpc) is 2.47. The lowest BCUT2D eigenvalue weighted by atomic mass is 10.0. The molecule has 0 aliphatic carbocycles. The molecule has 0 radical (unpaired) electrons. The van der Waals surface area contributed by atoms with Crippen molar-refractivity contribution >= 4 is 5.84 Å². The first kappa shape index (κ1) is 19.8. The maximum atomic E-state index is 6.00. The van der Waals surface area contributed by atoms with Crippen molar-refractivity contribution in [2.75, 3.05) is 6.54 Å². The molecule has 120 valence electrons. The van der Waals surface area contributed by atoms with Crippen molar-refractivity contribution in [2.24, 2.45) is 10.7 Å². The minimum atomic E-state index is 0.442. The van der Waals surface area contributed by atoms with Crippen LogP contribution in [0.2, 0.25) is 0 Å². The molecule has 22 heavy (non-hydrogen) atoms. The molecule has 0 aromatic carbocycles. The maximum Gasteiger partial charge on any atom is 0.131 e. The molecule has 0 spiro atoms. The van der Waals surface area contributed by atoms with Crippen LogP contribution in [-0.4, -0.2) is 12.4 Å². The predicted octanol–water partition coefficient (Wildman–Crippen LogP) is 4.07. The second-order valence-electron chi connectivity index (χ2n) is 5.14. The van der Waals surface area contributed by atoms with Gasteiger partial charge in [-0.25, -0.2) is 4.99 Å². The van der Waals surface area contributed by atoms with Gasteiger partial charge < -0.3 is 11.1 Å². The standard InChI is InChI=1S/C19H29N3/c1-7-10-12-16(6)22-14-11-13-17(8-2)18(15(4)5)19(20)21-9-3/h8-9,22H,3,6-7,10,12,14H2,1-2,4-5H3,(H2,20,21)/b17-8-. The number of allylic oxidation sites excluding steroid dienone is 3. The topological polar surface area (TPSA) is 50.4 Å². The van der Waals surface area contributed by atoms with E-state index in [2.05, 4.69) is 42.2 Å². The summed E-state index contributed by atoms with van der Waals surface area (Å²) in [6.07, 6.45) is 6.70. The first-order valence-corrected chi connectivity index (χ1v) is 7.67. The van der Waals surface area contributed by atoms with E-state index in [-0.39, 0.29) is 0 Å². The normalized spacial score (nSPS) is 11.3. The molecule has 3 nitrogen and oxygen atoms in total. The lowest BCUT2D eigenvalue weighted by molar-refractivity contribution is 0.734. The molecule has 0 saturated carbocycles. The molecular weight excluding hydrogens is 270 g/mol. The first-order valence-electron chi connectivity index (χ1n) is 7.67. The molecule has 3 N–H and O–H groups in total. The Bertz CT molecular complexity index is 533. The average molecular weight is 299 g/mol. The number of rotatable bonds is 8. The fourth-order valence-electron chi connectivity index (χ4n) is 1.89. The maximum absolute atomic E-state index is 6.00. The fraction of sp³-hybridized carbons (Fsp3) is 0.421. The van der Waals surface area contributed by atoms with Crippen LogP contribution in [-0.2, 0) is 0 Å². The van der Waals surface area contributed by atoms with Crippen molar-refractivity contribution in [1.29, 1.82) is 0 Å². The number of hydrogen-bond donors (Lipinski definition) is 2. The molecule has 0 atom stereocenters. The quantitative estimate of drug-likeness (QED) is 0.307. The molecule has 0 amide bonds. The minimum Gasteiger partial charge on any atom is -0.383 e. The lowest BCUT2D eigenvalue weighted by Crippen LogP contribution is -2.17. The van der Waals surface area contributed by atoms with Crippen LogP contribution in [0.3, 0.4) is 0 Å². The van der Waals surface area contributed by atoms with Crippen LogP contribution in [0.4, 0.5) is 0 Å². The number of unbranched alkanes of at least 4 members (excludes halogenated alkanes) is 1. The summed E-state index contributed by atoms with van der Waals surface area (Å²) in [7, 11) is 0. The van der Waals surface area contributed by atoms with E-state index in [0.717, 1.165) is 35.3 Å². The Morgan fingerprint density at radius 2 is 2.05 bits per heavy atom. The van der Waals surface area contributed by atoms with Gasteiger partial charge in [0.15, 0.2) is 0 Å². The van der Waals surface area contributed by atoms with Crippen LogP contribution < -0.4 is 11.1 Å².